The number of nitrogens with one attached hydrogen (secondary N) is 1. The number of halogens is 1. The normalized spacial score (nSPS) is 16.6. The number of hydrogen-bond acceptors (Lipinski definition) is 3. The molecule has 1 aromatic carbocycles. The van der Waals surface area contributed by atoms with E-state index in [0.29, 0.717) is 11.1 Å². The third-order valence-corrected chi connectivity index (χ3v) is 3.35. The summed E-state index contributed by atoms with van der Waals surface area (Å²) in [4.78, 5) is 11.7. The number of esters is 1. The van der Waals surface area contributed by atoms with Gasteiger partial charge in [-0.3, -0.25) is 5.32 Å². The molecule has 92 valence electrons. The Hall–Kier alpha value is -1.06. The zero-order valence-electron chi connectivity index (χ0n) is 10.00. The van der Waals surface area contributed by atoms with Crippen LogP contribution in [-0.4, -0.2) is 19.1 Å². The van der Waals surface area contributed by atoms with Gasteiger partial charge >= 0.3 is 5.97 Å². The molecule has 1 aliphatic carbocycles. The third kappa shape index (κ3) is 2.99. The monoisotopic (exact) mass is 253 g/mol. The lowest BCUT2D eigenvalue weighted by atomic mass is 10.1. The van der Waals surface area contributed by atoms with Gasteiger partial charge in [-0.25, -0.2) is 4.79 Å². The topological polar surface area (TPSA) is 38.3 Å². The van der Waals surface area contributed by atoms with Gasteiger partial charge in [0.15, 0.2) is 0 Å². The number of aryl methyl sites for hydroxylation is 1. The van der Waals surface area contributed by atoms with Crippen LogP contribution >= 0.6 is 11.6 Å². The molecule has 0 saturated heterocycles. The summed E-state index contributed by atoms with van der Waals surface area (Å²) >= 11 is 6.08. The molecule has 4 heteroatoms. The number of carbonyl (C=O) groups excluding carboxylic acids is 1. The standard InChI is InChI=1S/C13H16ClNO2/c1-8-3-4-9(7-11(8)14)12(13(16)17-2)15-10-5-6-10/h3-4,7,10,12,15H,5-6H2,1-2H3. The molecule has 1 fully saturated rings. The summed E-state index contributed by atoms with van der Waals surface area (Å²) in [7, 11) is 1.40. The van der Waals surface area contributed by atoms with E-state index < -0.39 is 6.04 Å². The van der Waals surface area contributed by atoms with Crippen LogP contribution in [0.2, 0.25) is 5.02 Å². The third-order valence-electron chi connectivity index (χ3n) is 2.95. The quantitative estimate of drug-likeness (QED) is 0.839. The highest BCUT2D eigenvalue weighted by molar-refractivity contribution is 6.31. The first kappa shape index (κ1) is 12.4. The summed E-state index contributed by atoms with van der Waals surface area (Å²) in [6.07, 6.45) is 2.24. The predicted octanol–water partition coefficient (Wildman–Crippen LogP) is 2.61. The molecule has 1 unspecified atom stereocenters. The highest BCUT2D eigenvalue weighted by Crippen LogP contribution is 2.27. The van der Waals surface area contributed by atoms with Crippen LogP contribution in [0.15, 0.2) is 18.2 Å². The van der Waals surface area contributed by atoms with Crippen molar-refractivity contribution in [3.63, 3.8) is 0 Å². The lowest BCUT2D eigenvalue weighted by molar-refractivity contribution is -0.143. The second-order valence-corrected chi connectivity index (χ2v) is 4.81. The van der Waals surface area contributed by atoms with Crippen molar-refractivity contribution in [1.82, 2.24) is 5.32 Å². The molecular formula is C13H16ClNO2. The predicted molar refractivity (Wildman–Crippen MR) is 67.1 cm³/mol. The largest absolute Gasteiger partial charge is 0.468 e. The van der Waals surface area contributed by atoms with Gasteiger partial charge in [-0.05, 0) is 37.0 Å². The summed E-state index contributed by atoms with van der Waals surface area (Å²) in [5.74, 6) is -0.267. The summed E-state index contributed by atoms with van der Waals surface area (Å²) < 4.78 is 4.82. The van der Waals surface area contributed by atoms with E-state index >= 15 is 0 Å². The van der Waals surface area contributed by atoms with E-state index in [1.165, 1.54) is 7.11 Å². The maximum absolute atomic E-state index is 11.7. The van der Waals surface area contributed by atoms with Gasteiger partial charge in [0.05, 0.1) is 7.11 Å². The lowest BCUT2D eigenvalue weighted by Crippen LogP contribution is -2.31. The molecule has 0 aromatic heterocycles. The Morgan fingerprint density at radius 3 is 2.76 bits per heavy atom. The lowest BCUT2D eigenvalue weighted by Gasteiger charge is -2.17. The summed E-state index contributed by atoms with van der Waals surface area (Å²) in [6, 6.07) is 5.68. The van der Waals surface area contributed by atoms with Crippen molar-refractivity contribution in [2.45, 2.75) is 31.8 Å². The Labute approximate surface area is 106 Å². The highest BCUT2D eigenvalue weighted by Gasteiger charge is 2.30. The van der Waals surface area contributed by atoms with E-state index in [4.69, 9.17) is 16.3 Å². The van der Waals surface area contributed by atoms with E-state index in [1.807, 2.05) is 25.1 Å². The number of hydrogen-bond donors (Lipinski definition) is 1. The summed E-state index contributed by atoms with van der Waals surface area (Å²) in [5.41, 5.74) is 1.87. The second-order valence-electron chi connectivity index (χ2n) is 4.41. The van der Waals surface area contributed by atoms with Crippen molar-refractivity contribution in [3.05, 3.63) is 34.3 Å². The van der Waals surface area contributed by atoms with E-state index in [1.54, 1.807) is 0 Å². The molecule has 0 amide bonds. The van der Waals surface area contributed by atoms with Crippen molar-refractivity contribution in [3.8, 4) is 0 Å². The highest BCUT2D eigenvalue weighted by atomic mass is 35.5. The number of methoxy groups -OCH3 is 1. The van der Waals surface area contributed by atoms with Gasteiger partial charge in [-0.1, -0.05) is 23.7 Å². The Morgan fingerprint density at radius 1 is 1.53 bits per heavy atom. The SMILES string of the molecule is COC(=O)C(NC1CC1)c1ccc(C)c(Cl)c1. The van der Waals surface area contributed by atoms with Crippen LogP contribution in [0.4, 0.5) is 0 Å². The van der Waals surface area contributed by atoms with Crippen LogP contribution in [0.25, 0.3) is 0 Å². The number of rotatable bonds is 4. The molecule has 0 heterocycles. The minimum atomic E-state index is -0.411. The van der Waals surface area contributed by atoms with Gasteiger partial charge in [0.25, 0.3) is 0 Å². The van der Waals surface area contributed by atoms with Gasteiger partial charge in [-0.15, -0.1) is 0 Å². The fourth-order valence-corrected chi connectivity index (χ4v) is 1.88. The van der Waals surface area contributed by atoms with Crippen molar-refractivity contribution >= 4 is 17.6 Å². The van der Waals surface area contributed by atoms with Crippen molar-refractivity contribution in [2.75, 3.05) is 7.11 Å². The smallest absolute Gasteiger partial charge is 0.327 e. The molecule has 0 aliphatic heterocycles. The Balaban J connectivity index is 2.23. The second kappa shape index (κ2) is 5.07. The van der Waals surface area contributed by atoms with Crippen molar-refractivity contribution < 1.29 is 9.53 Å². The molecule has 0 radical (unpaired) electrons. The van der Waals surface area contributed by atoms with Gasteiger partial charge in [0.1, 0.15) is 6.04 Å². The fourth-order valence-electron chi connectivity index (χ4n) is 1.69. The van der Waals surface area contributed by atoms with Crippen LogP contribution in [-0.2, 0) is 9.53 Å². The molecule has 1 saturated carbocycles. The van der Waals surface area contributed by atoms with Crippen LogP contribution in [0, 0.1) is 6.92 Å². The van der Waals surface area contributed by atoms with Crippen molar-refractivity contribution in [1.29, 1.82) is 0 Å². The maximum Gasteiger partial charge on any atom is 0.327 e. The first-order valence-corrected chi connectivity index (χ1v) is 6.09. The number of benzene rings is 1. The molecule has 0 spiro atoms. The van der Waals surface area contributed by atoms with Gasteiger partial charge in [-0.2, -0.15) is 0 Å². The van der Waals surface area contributed by atoms with Crippen LogP contribution in [0.5, 0.6) is 0 Å². The average molecular weight is 254 g/mol. The zero-order valence-corrected chi connectivity index (χ0v) is 10.8. The van der Waals surface area contributed by atoms with E-state index in [9.17, 15) is 4.79 Å². The zero-order chi connectivity index (χ0) is 12.4. The van der Waals surface area contributed by atoms with Crippen molar-refractivity contribution in [2.24, 2.45) is 0 Å². The fraction of sp³-hybridized carbons (Fsp3) is 0.462. The Kier molecular flexibility index (Phi) is 3.69. The van der Waals surface area contributed by atoms with Gasteiger partial charge in [0, 0.05) is 11.1 Å². The molecule has 1 aromatic rings. The molecule has 1 atom stereocenters. The van der Waals surface area contributed by atoms with Crippen LogP contribution in [0.3, 0.4) is 0 Å². The number of ether oxygens (including phenoxy) is 1. The maximum atomic E-state index is 11.7. The number of carbonyl (C=O) groups is 1. The Bertz CT molecular complexity index is 429. The van der Waals surface area contributed by atoms with Crippen LogP contribution < -0.4 is 5.32 Å². The minimum Gasteiger partial charge on any atom is -0.468 e. The minimum absolute atomic E-state index is 0.267. The molecule has 3 nitrogen and oxygen atoms in total. The van der Waals surface area contributed by atoms with Gasteiger partial charge in [0.2, 0.25) is 0 Å². The molecule has 17 heavy (non-hydrogen) atoms. The molecule has 0 bridgehead atoms. The van der Waals surface area contributed by atoms with E-state index in [2.05, 4.69) is 5.32 Å². The van der Waals surface area contributed by atoms with Gasteiger partial charge < -0.3 is 4.74 Å². The van der Waals surface area contributed by atoms with E-state index in [0.717, 1.165) is 24.0 Å². The first-order valence-electron chi connectivity index (χ1n) is 5.71. The summed E-state index contributed by atoms with van der Waals surface area (Å²) in [6.45, 7) is 1.94. The molecule has 1 N–H and O–H groups in total. The molecular weight excluding hydrogens is 238 g/mol. The summed E-state index contributed by atoms with van der Waals surface area (Å²) in [5, 5.41) is 3.95. The first-order chi connectivity index (χ1) is 8.11. The molecule has 2 rings (SSSR count). The Morgan fingerprint density at radius 2 is 2.24 bits per heavy atom. The molecule has 1 aliphatic rings. The average Bonchev–Trinajstić information content (AvgIpc) is 3.13. The van der Waals surface area contributed by atoms with E-state index in [-0.39, 0.29) is 5.97 Å². The van der Waals surface area contributed by atoms with Crippen LogP contribution in [0.1, 0.15) is 30.0 Å².